The first-order chi connectivity index (χ1) is 14.2. The van der Waals surface area contributed by atoms with Crippen LogP contribution in [0.3, 0.4) is 0 Å². The van der Waals surface area contributed by atoms with Crippen molar-refractivity contribution in [2.75, 3.05) is 12.3 Å². The number of rotatable bonds is 6. The first-order valence-electron chi connectivity index (χ1n) is 10.2. The van der Waals surface area contributed by atoms with Crippen molar-refractivity contribution in [1.82, 2.24) is 14.9 Å². The van der Waals surface area contributed by atoms with E-state index >= 15 is 0 Å². The van der Waals surface area contributed by atoms with Gasteiger partial charge in [-0.3, -0.25) is 14.2 Å². The van der Waals surface area contributed by atoms with Gasteiger partial charge >= 0.3 is 0 Å². The van der Waals surface area contributed by atoms with Gasteiger partial charge < -0.3 is 5.32 Å². The Morgan fingerprint density at radius 2 is 1.76 bits per heavy atom. The van der Waals surface area contributed by atoms with Crippen molar-refractivity contribution in [1.29, 1.82) is 0 Å². The summed E-state index contributed by atoms with van der Waals surface area (Å²) in [5.74, 6) is 0.825. The van der Waals surface area contributed by atoms with Crippen LogP contribution in [0.5, 0.6) is 0 Å². The van der Waals surface area contributed by atoms with E-state index in [1.165, 1.54) is 43.9 Å². The maximum absolute atomic E-state index is 13.1. The molecule has 1 aromatic heterocycles. The Balaban J connectivity index is 1.54. The van der Waals surface area contributed by atoms with Crippen molar-refractivity contribution >= 4 is 28.6 Å². The summed E-state index contributed by atoms with van der Waals surface area (Å²) < 4.78 is 1.60. The summed E-state index contributed by atoms with van der Waals surface area (Å²) >= 11 is 1.31. The van der Waals surface area contributed by atoms with Crippen molar-refractivity contribution in [2.45, 2.75) is 37.3 Å². The second kappa shape index (κ2) is 9.27. The maximum Gasteiger partial charge on any atom is 0.266 e. The summed E-state index contributed by atoms with van der Waals surface area (Å²) in [5, 5.41) is 4.17. The number of nitrogens with one attached hydrogen (secondary N) is 1. The largest absolute Gasteiger partial charge is 0.355 e. The Bertz CT molecular complexity index is 1040. The number of amides is 1. The van der Waals surface area contributed by atoms with Gasteiger partial charge in [0, 0.05) is 6.54 Å². The van der Waals surface area contributed by atoms with Crippen molar-refractivity contribution < 1.29 is 4.79 Å². The highest BCUT2D eigenvalue weighted by Gasteiger charge is 2.16. The number of carbonyl (C=O) groups is 1. The third-order valence-electron chi connectivity index (χ3n) is 5.40. The third-order valence-corrected chi connectivity index (χ3v) is 6.34. The van der Waals surface area contributed by atoms with Gasteiger partial charge in [-0.1, -0.05) is 61.4 Å². The topological polar surface area (TPSA) is 64.0 Å². The fraction of sp³-hybridized carbons (Fsp3) is 0.348. The number of para-hydroxylation sites is 2. The number of benzene rings is 2. The molecule has 1 aliphatic rings. The van der Waals surface area contributed by atoms with Crippen LogP contribution in [0.4, 0.5) is 0 Å². The second-order valence-electron chi connectivity index (χ2n) is 7.48. The molecule has 4 rings (SSSR count). The summed E-state index contributed by atoms with van der Waals surface area (Å²) in [6.07, 6.45) is 6.24. The summed E-state index contributed by atoms with van der Waals surface area (Å²) in [6, 6.07) is 16.8. The van der Waals surface area contributed by atoms with E-state index in [1.807, 2.05) is 48.5 Å². The number of aromatic nitrogens is 2. The first-order valence-corrected chi connectivity index (χ1v) is 11.2. The molecule has 29 heavy (non-hydrogen) atoms. The Hall–Kier alpha value is -2.60. The van der Waals surface area contributed by atoms with Crippen molar-refractivity contribution in [3.63, 3.8) is 0 Å². The predicted molar refractivity (Wildman–Crippen MR) is 118 cm³/mol. The molecule has 0 radical (unpaired) electrons. The van der Waals surface area contributed by atoms with Gasteiger partial charge in [-0.15, -0.1) is 0 Å². The summed E-state index contributed by atoms with van der Waals surface area (Å²) in [5.41, 5.74) is 1.28. The molecule has 0 atom stereocenters. The molecule has 0 unspecified atom stereocenters. The zero-order chi connectivity index (χ0) is 20.1. The number of carbonyl (C=O) groups excluding carboxylic acids is 1. The Morgan fingerprint density at radius 3 is 2.55 bits per heavy atom. The molecule has 1 N–H and O–H groups in total. The lowest BCUT2D eigenvalue weighted by molar-refractivity contribution is -0.118. The number of nitrogens with zero attached hydrogens (tertiary/aromatic N) is 2. The van der Waals surface area contributed by atoms with Gasteiger partial charge in [-0.05, 0) is 43.0 Å². The van der Waals surface area contributed by atoms with Crippen LogP contribution in [-0.2, 0) is 4.79 Å². The molecule has 0 saturated heterocycles. The van der Waals surface area contributed by atoms with Gasteiger partial charge in [0.2, 0.25) is 5.91 Å². The number of thioether (sulfide) groups is 1. The van der Waals surface area contributed by atoms with E-state index in [0.717, 1.165) is 12.2 Å². The number of hydrogen-bond donors (Lipinski definition) is 1. The highest BCUT2D eigenvalue weighted by atomic mass is 32.2. The van der Waals surface area contributed by atoms with E-state index < -0.39 is 0 Å². The fourth-order valence-electron chi connectivity index (χ4n) is 3.84. The van der Waals surface area contributed by atoms with Gasteiger partial charge in [0.25, 0.3) is 5.56 Å². The molecule has 5 nitrogen and oxygen atoms in total. The zero-order valence-corrected chi connectivity index (χ0v) is 17.2. The highest BCUT2D eigenvalue weighted by Crippen LogP contribution is 2.23. The molecular weight excluding hydrogens is 382 g/mol. The molecule has 0 aliphatic heterocycles. The molecule has 6 heteroatoms. The smallest absolute Gasteiger partial charge is 0.266 e. The minimum absolute atomic E-state index is 0.0115. The molecule has 1 heterocycles. The first kappa shape index (κ1) is 19.7. The van der Waals surface area contributed by atoms with E-state index in [4.69, 9.17) is 0 Å². The monoisotopic (exact) mass is 407 g/mol. The maximum atomic E-state index is 13.1. The van der Waals surface area contributed by atoms with Gasteiger partial charge in [-0.2, -0.15) is 0 Å². The van der Waals surface area contributed by atoms with Crippen molar-refractivity contribution in [3.05, 3.63) is 65.0 Å². The zero-order valence-electron chi connectivity index (χ0n) is 16.3. The molecule has 1 aliphatic carbocycles. The quantitative estimate of drug-likeness (QED) is 0.492. The van der Waals surface area contributed by atoms with Crippen LogP contribution < -0.4 is 10.9 Å². The lowest BCUT2D eigenvalue weighted by atomic mass is 9.89. The molecule has 0 spiro atoms. The van der Waals surface area contributed by atoms with Crippen LogP contribution in [0.25, 0.3) is 16.6 Å². The second-order valence-corrected chi connectivity index (χ2v) is 8.43. The van der Waals surface area contributed by atoms with E-state index in [0.29, 0.717) is 22.0 Å². The third kappa shape index (κ3) is 4.70. The molecule has 1 fully saturated rings. The number of hydrogen-bond acceptors (Lipinski definition) is 4. The SMILES string of the molecule is O=C(CSc1nc2ccccc2c(=O)n1-c1ccccc1)NCC1CCCCC1. The lowest BCUT2D eigenvalue weighted by Gasteiger charge is -2.21. The molecule has 1 saturated carbocycles. The van der Waals surface area contributed by atoms with E-state index in [2.05, 4.69) is 10.3 Å². The molecule has 0 bridgehead atoms. The Labute approximate surface area is 174 Å². The standard InChI is InChI=1S/C23H25N3O2S/c27-21(24-15-17-9-3-1-4-10-17)16-29-23-25-20-14-8-7-13-19(20)22(28)26(23)18-11-5-2-6-12-18/h2,5-8,11-14,17H,1,3-4,9-10,15-16H2,(H,24,27). The van der Waals surface area contributed by atoms with Gasteiger partial charge in [0.1, 0.15) is 0 Å². The van der Waals surface area contributed by atoms with Crippen LogP contribution in [0.1, 0.15) is 32.1 Å². The summed E-state index contributed by atoms with van der Waals surface area (Å²) in [4.78, 5) is 30.2. The Kier molecular flexibility index (Phi) is 6.30. The molecular formula is C23H25N3O2S. The van der Waals surface area contributed by atoms with Crippen LogP contribution >= 0.6 is 11.8 Å². The van der Waals surface area contributed by atoms with E-state index in [9.17, 15) is 9.59 Å². The minimum Gasteiger partial charge on any atom is -0.355 e. The number of fused-ring (bicyclic) bond motifs is 1. The summed E-state index contributed by atoms with van der Waals surface area (Å²) in [7, 11) is 0. The van der Waals surface area contributed by atoms with Gasteiger partial charge in [-0.25, -0.2) is 4.98 Å². The average molecular weight is 408 g/mol. The van der Waals surface area contributed by atoms with Crippen molar-refractivity contribution in [2.24, 2.45) is 5.92 Å². The Morgan fingerprint density at radius 1 is 1.03 bits per heavy atom. The molecule has 1 amide bonds. The molecule has 2 aromatic carbocycles. The van der Waals surface area contributed by atoms with Crippen LogP contribution in [-0.4, -0.2) is 27.8 Å². The predicted octanol–water partition coefficient (Wildman–Crippen LogP) is 4.17. The molecule has 3 aromatic rings. The average Bonchev–Trinajstić information content (AvgIpc) is 2.77. The van der Waals surface area contributed by atoms with E-state index in [1.54, 1.807) is 10.6 Å². The van der Waals surface area contributed by atoms with Gasteiger partial charge in [0.15, 0.2) is 5.16 Å². The van der Waals surface area contributed by atoms with Crippen LogP contribution in [0.2, 0.25) is 0 Å². The van der Waals surface area contributed by atoms with Crippen molar-refractivity contribution in [3.8, 4) is 5.69 Å². The highest BCUT2D eigenvalue weighted by molar-refractivity contribution is 7.99. The normalized spacial score (nSPS) is 14.8. The fourth-order valence-corrected chi connectivity index (χ4v) is 4.69. The van der Waals surface area contributed by atoms with Gasteiger partial charge in [0.05, 0.1) is 22.3 Å². The van der Waals surface area contributed by atoms with E-state index in [-0.39, 0.29) is 17.2 Å². The molecule has 150 valence electrons. The summed E-state index contributed by atoms with van der Waals surface area (Å²) in [6.45, 7) is 0.746. The van der Waals surface area contributed by atoms with Crippen LogP contribution in [0, 0.1) is 5.92 Å². The lowest BCUT2D eigenvalue weighted by Crippen LogP contribution is -2.31. The van der Waals surface area contributed by atoms with Crippen LogP contribution in [0.15, 0.2) is 64.5 Å². The minimum atomic E-state index is -0.119.